The third-order valence-electron chi connectivity index (χ3n) is 7.41. The first-order valence-electron chi connectivity index (χ1n) is 13.0. The Hall–Kier alpha value is -3.30. The van der Waals surface area contributed by atoms with Gasteiger partial charge in [-0.25, -0.2) is 9.78 Å². The lowest BCUT2D eigenvalue weighted by atomic mass is 9.88. The Morgan fingerprint density at radius 3 is 2.44 bits per heavy atom. The van der Waals surface area contributed by atoms with E-state index in [0.29, 0.717) is 50.5 Å². The lowest BCUT2D eigenvalue weighted by molar-refractivity contribution is -0.147. The largest absolute Gasteiger partial charge is 0.506 e. The molecule has 0 unspecified atom stereocenters. The summed E-state index contributed by atoms with van der Waals surface area (Å²) in [4.78, 5) is 19.3. The minimum atomic E-state index is -4.16. The highest BCUT2D eigenvalue weighted by Crippen LogP contribution is 2.36. The van der Waals surface area contributed by atoms with Gasteiger partial charge in [0.1, 0.15) is 11.9 Å². The molecule has 2 aliphatic heterocycles. The normalized spacial score (nSPS) is 18.9. The summed E-state index contributed by atoms with van der Waals surface area (Å²) in [7, 11) is 0. The van der Waals surface area contributed by atoms with Gasteiger partial charge in [-0.15, -0.1) is 0 Å². The van der Waals surface area contributed by atoms with Crippen molar-refractivity contribution in [3.8, 4) is 22.4 Å². The molecule has 0 spiro atoms. The maximum absolute atomic E-state index is 12.7. The molecule has 0 aliphatic carbocycles. The van der Waals surface area contributed by atoms with Crippen LogP contribution in [0.25, 0.3) is 22.4 Å². The number of carboxylic acid groups (broad SMARTS) is 1. The van der Waals surface area contributed by atoms with E-state index in [0.717, 1.165) is 33.8 Å². The van der Waals surface area contributed by atoms with E-state index in [-0.39, 0.29) is 12.0 Å². The average molecular weight is 560 g/mol. The highest BCUT2D eigenvalue weighted by Gasteiger charge is 2.33. The van der Waals surface area contributed by atoms with E-state index in [9.17, 15) is 18.0 Å². The fourth-order valence-electron chi connectivity index (χ4n) is 5.52. The zero-order valence-corrected chi connectivity index (χ0v) is 22.0. The molecule has 10 heteroatoms. The number of hydrogen-bond donors (Lipinski definition) is 1. The van der Waals surface area contributed by atoms with Gasteiger partial charge in [-0.1, -0.05) is 48.0 Å². The summed E-state index contributed by atoms with van der Waals surface area (Å²) in [6.07, 6.45) is -3.81. The predicted octanol–water partition coefficient (Wildman–Crippen LogP) is 7.08. The monoisotopic (exact) mass is 559 g/mol. The van der Waals surface area contributed by atoms with Crippen LogP contribution in [0.2, 0.25) is 5.02 Å². The van der Waals surface area contributed by atoms with Crippen molar-refractivity contribution in [2.75, 3.05) is 37.6 Å². The van der Waals surface area contributed by atoms with Gasteiger partial charge in [-0.05, 0) is 72.8 Å². The summed E-state index contributed by atoms with van der Waals surface area (Å²) in [6, 6.07) is 19.6. The van der Waals surface area contributed by atoms with Crippen LogP contribution in [0.15, 0.2) is 60.7 Å². The molecule has 6 nitrogen and oxygen atoms in total. The number of piperidine rings is 1. The van der Waals surface area contributed by atoms with Gasteiger partial charge in [-0.2, -0.15) is 13.2 Å². The van der Waals surface area contributed by atoms with E-state index in [4.69, 9.17) is 26.4 Å². The number of carbonyl (C=O) groups is 1. The SMILES string of the molecule is O=C(O)O[C@@H]1CCN(c2cccc(-c3cc(Cl)ccc3-c3ccc(C4CCN(CC(F)(F)F)CC4)cc3)n2)C1. The van der Waals surface area contributed by atoms with Crippen molar-refractivity contribution in [1.82, 2.24) is 9.88 Å². The van der Waals surface area contributed by atoms with Crippen molar-refractivity contribution in [3.63, 3.8) is 0 Å². The van der Waals surface area contributed by atoms with Gasteiger partial charge < -0.3 is 14.7 Å². The van der Waals surface area contributed by atoms with E-state index in [2.05, 4.69) is 12.1 Å². The molecule has 206 valence electrons. The quantitative estimate of drug-likeness (QED) is 0.325. The topological polar surface area (TPSA) is 65.9 Å². The van der Waals surface area contributed by atoms with Crippen LogP contribution in [-0.2, 0) is 4.74 Å². The van der Waals surface area contributed by atoms with Crippen molar-refractivity contribution in [2.24, 2.45) is 0 Å². The molecule has 2 aromatic carbocycles. The molecule has 2 aliphatic rings. The number of anilines is 1. The second-order valence-electron chi connectivity index (χ2n) is 10.1. The molecular weight excluding hydrogens is 531 g/mol. The van der Waals surface area contributed by atoms with Gasteiger partial charge >= 0.3 is 12.3 Å². The van der Waals surface area contributed by atoms with Crippen molar-refractivity contribution >= 4 is 23.6 Å². The molecule has 3 aromatic rings. The van der Waals surface area contributed by atoms with E-state index in [1.54, 1.807) is 0 Å². The minimum absolute atomic E-state index is 0.237. The van der Waals surface area contributed by atoms with Gasteiger partial charge in [0.25, 0.3) is 0 Å². The molecule has 2 fully saturated rings. The van der Waals surface area contributed by atoms with Crippen LogP contribution >= 0.6 is 11.6 Å². The average Bonchev–Trinajstić information content (AvgIpc) is 3.36. The number of benzene rings is 2. The summed E-state index contributed by atoms with van der Waals surface area (Å²) in [5.74, 6) is 0.975. The van der Waals surface area contributed by atoms with Crippen LogP contribution < -0.4 is 4.90 Å². The maximum atomic E-state index is 12.7. The molecule has 1 N–H and O–H groups in total. The van der Waals surface area contributed by atoms with Crippen molar-refractivity contribution < 1.29 is 27.8 Å². The van der Waals surface area contributed by atoms with E-state index >= 15 is 0 Å². The molecular formula is C29H29ClF3N3O3. The number of pyridine rings is 1. The first-order valence-corrected chi connectivity index (χ1v) is 13.3. The highest BCUT2D eigenvalue weighted by atomic mass is 35.5. The standard InChI is InChI=1S/C29H29ClF3N3O3/c30-22-8-9-24(21-6-4-19(5-7-21)20-10-13-35(14-11-20)18-29(31,32)33)25(16-22)26-2-1-3-27(34-26)36-15-12-23(17-36)39-28(37)38/h1-9,16,20,23H,10-15,17-18H2,(H,37,38)/t23-/m1/s1. The molecule has 0 saturated carbocycles. The molecule has 0 radical (unpaired) electrons. The van der Waals surface area contributed by atoms with Crippen LogP contribution in [0.4, 0.5) is 23.8 Å². The Morgan fingerprint density at radius 1 is 1.00 bits per heavy atom. The predicted molar refractivity (Wildman–Crippen MR) is 144 cm³/mol. The van der Waals surface area contributed by atoms with Gasteiger partial charge in [0.15, 0.2) is 0 Å². The summed E-state index contributed by atoms with van der Waals surface area (Å²) >= 11 is 6.38. The van der Waals surface area contributed by atoms with Crippen molar-refractivity contribution in [1.29, 1.82) is 0 Å². The number of rotatable bonds is 6. The first-order chi connectivity index (χ1) is 18.6. The molecule has 1 aromatic heterocycles. The summed E-state index contributed by atoms with van der Waals surface area (Å²) in [6.45, 7) is 1.13. The zero-order chi connectivity index (χ0) is 27.6. The van der Waals surface area contributed by atoms with Gasteiger partial charge in [0.05, 0.1) is 18.8 Å². The maximum Gasteiger partial charge on any atom is 0.506 e. The molecule has 5 rings (SSSR count). The summed E-state index contributed by atoms with van der Waals surface area (Å²) in [5, 5.41) is 9.50. The zero-order valence-electron chi connectivity index (χ0n) is 21.2. The second-order valence-corrected chi connectivity index (χ2v) is 10.5. The molecule has 0 bridgehead atoms. The Balaban J connectivity index is 1.33. The number of nitrogens with zero attached hydrogens (tertiary/aromatic N) is 3. The fourth-order valence-corrected chi connectivity index (χ4v) is 5.69. The van der Waals surface area contributed by atoms with E-state index in [1.165, 1.54) is 4.90 Å². The second kappa shape index (κ2) is 11.4. The van der Waals surface area contributed by atoms with Gasteiger partial charge in [0, 0.05) is 23.6 Å². The third-order valence-corrected chi connectivity index (χ3v) is 7.65. The lowest BCUT2D eigenvalue weighted by Crippen LogP contribution is -2.39. The molecule has 3 heterocycles. The van der Waals surface area contributed by atoms with Crippen LogP contribution in [-0.4, -0.2) is 66.1 Å². The molecule has 39 heavy (non-hydrogen) atoms. The minimum Gasteiger partial charge on any atom is -0.450 e. The van der Waals surface area contributed by atoms with Crippen molar-refractivity contribution in [2.45, 2.75) is 37.5 Å². The Labute approximate surface area is 230 Å². The number of halogens is 4. The van der Waals surface area contributed by atoms with Crippen LogP contribution in [0.3, 0.4) is 0 Å². The lowest BCUT2D eigenvalue weighted by Gasteiger charge is -2.32. The number of ether oxygens (including phenoxy) is 1. The number of likely N-dealkylation sites (tertiary alicyclic amines) is 1. The third kappa shape index (κ3) is 6.83. The molecule has 1 atom stereocenters. The Morgan fingerprint density at radius 2 is 1.74 bits per heavy atom. The first kappa shape index (κ1) is 27.3. The van der Waals surface area contributed by atoms with Crippen molar-refractivity contribution in [3.05, 3.63) is 71.2 Å². The fraction of sp³-hybridized carbons (Fsp3) is 0.379. The van der Waals surface area contributed by atoms with Gasteiger partial charge in [-0.3, -0.25) is 4.90 Å². The van der Waals surface area contributed by atoms with Crippen LogP contribution in [0, 0.1) is 0 Å². The van der Waals surface area contributed by atoms with Gasteiger partial charge in [0.2, 0.25) is 0 Å². The summed E-state index contributed by atoms with van der Waals surface area (Å²) < 4.78 is 43.1. The molecule has 0 amide bonds. The van der Waals surface area contributed by atoms with Crippen LogP contribution in [0.1, 0.15) is 30.7 Å². The van der Waals surface area contributed by atoms with E-state index in [1.807, 2.05) is 53.4 Å². The van der Waals surface area contributed by atoms with Crippen LogP contribution in [0.5, 0.6) is 0 Å². The van der Waals surface area contributed by atoms with E-state index < -0.39 is 18.9 Å². The number of hydrogen-bond acceptors (Lipinski definition) is 5. The number of aromatic nitrogens is 1. The summed E-state index contributed by atoms with van der Waals surface area (Å²) in [5.41, 5.74) is 4.70. The number of alkyl halides is 3. The Bertz CT molecular complexity index is 1310. The molecule has 2 saturated heterocycles. The highest BCUT2D eigenvalue weighted by molar-refractivity contribution is 6.31. The Kier molecular flexibility index (Phi) is 8.00. The smallest absolute Gasteiger partial charge is 0.450 e.